The number of thioether (sulfide) groups is 1. The minimum atomic E-state index is -0.784. The van der Waals surface area contributed by atoms with Crippen molar-refractivity contribution in [3.05, 3.63) is 0 Å². The van der Waals surface area contributed by atoms with Crippen LogP contribution in [0.3, 0.4) is 0 Å². The molecule has 1 aliphatic heterocycles. The molecule has 3 N–H and O–H groups in total. The average Bonchev–Trinajstić information content (AvgIpc) is 2.34. The van der Waals surface area contributed by atoms with E-state index < -0.39 is 5.97 Å². The largest absolute Gasteiger partial charge is 0.481 e. The second-order valence-electron chi connectivity index (χ2n) is 4.36. The summed E-state index contributed by atoms with van der Waals surface area (Å²) in [5.74, 6) is 1.31. The molecule has 0 radical (unpaired) electrons. The fourth-order valence-electron chi connectivity index (χ4n) is 1.60. The number of rotatable bonds is 6. The second kappa shape index (κ2) is 7.55. The normalized spacial score (nSPS) is 21.8. The first kappa shape index (κ1) is 14.3. The van der Waals surface area contributed by atoms with Crippen LogP contribution in [0.15, 0.2) is 0 Å². The van der Waals surface area contributed by atoms with E-state index in [1.54, 1.807) is 11.8 Å². The lowest BCUT2D eigenvalue weighted by molar-refractivity contribution is -0.137. The van der Waals surface area contributed by atoms with Gasteiger partial charge in [0.25, 0.3) is 0 Å². The predicted octanol–water partition coefficient (Wildman–Crippen LogP) is 0.309. The number of carboxylic acid groups (broad SMARTS) is 1. The molecular formula is C11H20N2O3S. The van der Waals surface area contributed by atoms with Crippen LogP contribution >= 0.6 is 11.8 Å². The first-order chi connectivity index (χ1) is 8.09. The van der Waals surface area contributed by atoms with Gasteiger partial charge in [0, 0.05) is 31.0 Å². The third-order valence-corrected chi connectivity index (χ3v) is 3.78. The molecule has 0 bridgehead atoms. The Bertz CT molecular complexity index is 267. The summed E-state index contributed by atoms with van der Waals surface area (Å²) in [6.07, 6.45) is 0.761. The smallest absolute Gasteiger partial charge is 0.303 e. The number of aliphatic carboxylic acids is 1. The summed E-state index contributed by atoms with van der Waals surface area (Å²) in [4.78, 5) is 22.1. The lowest BCUT2D eigenvalue weighted by Crippen LogP contribution is -2.49. The van der Waals surface area contributed by atoms with Gasteiger partial charge in [-0.3, -0.25) is 9.59 Å². The van der Waals surface area contributed by atoms with E-state index in [-0.39, 0.29) is 24.3 Å². The van der Waals surface area contributed by atoms with Gasteiger partial charge in [-0.15, -0.1) is 0 Å². The summed E-state index contributed by atoms with van der Waals surface area (Å²) in [5.41, 5.74) is 0. The van der Waals surface area contributed by atoms with Gasteiger partial charge < -0.3 is 15.7 Å². The molecule has 0 saturated carbocycles. The summed E-state index contributed by atoms with van der Waals surface area (Å²) in [6.45, 7) is 3.37. The van der Waals surface area contributed by atoms with Crippen LogP contribution in [0, 0.1) is 5.92 Å². The Morgan fingerprint density at radius 3 is 2.94 bits per heavy atom. The molecule has 17 heavy (non-hydrogen) atoms. The van der Waals surface area contributed by atoms with Gasteiger partial charge in [-0.05, 0) is 12.3 Å². The number of carbonyl (C=O) groups excluding carboxylic acids is 1. The first-order valence-electron chi connectivity index (χ1n) is 5.90. The van der Waals surface area contributed by atoms with Crippen LogP contribution in [0.5, 0.6) is 0 Å². The molecule has 1 aliphatic rings. The summed E-state index contributed by atoms with van der Waals surface area (Å²) in [7, 11) is 0. The topological polar surface area (TPSA) is 78.4 Å². The molecule has 1 heterocycles. The van der Waals surface area contributed by atoms with Crippen molar-refractivity contribution < 1.29 is 14.7 Å². The molecule has 0 aromatic rings. The van der Waals surface area contributed by atoms with Crippen LogP contribution < -0.4 is 10.6 Å². The number of hydrogen-bond acceptors (Lipinski definition) is 4. The van der Waals surface area contributed by atoms with Crippen LogP contribution in [0.25, 0.3) is 0 Å². The zero-order valence-electron chi connectivity index (χ0n) is 10.1. The number of amides is 1. The quantitative estimate of drug-likeness (QED) is 0.640. The van der Waals surface area contributed by atoms with Crippen LogP contribution in [0.2, 0.25) is 0 Å². The van der Waals surface area contributed by atoms with Crippen molar-refractivity contribution in [2.75, 3.05) is 24.6 Å². The van der Waals surface area contributed by atoms with Gasteiger partial charge in [0.15, 0.2) is 0 Å². The molecular weight excluding hydrogens is 240 g/mol. The van der Waals surface area contributed by atoms with Gasteiger partial charge in [0.05, 0.1) is 6.04 Å². The minimum absolute atomic E-state index is 0.0272. The third-order valence-electron chi connectivity index (χ3n) is 2.71. The fourth-order valence-corrected chi connectivity index (χ4v) is 2.54. The van der Waals surface area contributed by atoms with E-state index in [4.69, 9.17) is 5.11 Å². The zero-order chi connectivity index (χ0) is 12.7. The summed E-state index contributed by atoms with van der Waals surface area (Å²) in [6, 6.07) is -0.0968. The van der Waals surface area contributed by atoms with Gasteiger partial charge in [0.2, 0.25) is 5.91 Å². The van der Waals surface area contributed by atoms with Crippen molar-refractivity contribution in [1.29, 1.82) is 0 Å². The van der Waals surface area contributed by atoms with Gasteiger partial charge in [0.1, 0.15) is 0 Å². The number of carbonyl (C=O) groups is 2. The highest BCUT2D eigenvalue weighted by atomic mass is 32.2. The van der Waals surface area contributed by atoms with Gasteiger partial charge in [-0.2, -0.15) is 11.8 Å². The molecule has 2 unspecified atom stereocenters. The number of carboxylic acids is 1. The predicted molar refractivity (Wildman–Crippen MR) is 68.2 cm³/mol. The minimum Gasteiger partial charge on any atom is -0.481 e. The maximum atomic E-state index is 11.7. The highest BCUT2D eigenvalue weighted by Crippen LogP contribution is 2.08. The lowest BCUT2D eigenvalue weighted by atomic mass is 10.1. The SMILES string of the molecule is CC(CCC(=O)O)CNC(=O)C1CSCCN1. The monoisotopic (exact) mass is 260 g/mol. The Morgan fingerprint density at radius 1 is 1.59 bits per heavy atom. The number of hydrogen-bond donors (Lipinski definition) is 3. The zero-order valence-corrected chi connectivity index (χ0v) is 10.9. The van der Waals surface area contributed by atoms with Gasteiger partial charge >= 0.3 is 5.97 Å². The van der Waals surface area contributed by atoms with E-state index >= 15 is 0 Å². The molecule has 0 aromatic heterocycles. The highest BCUT2D eigenvalue weighted by Gasteiger charge is 2.20. The highest BCUT2D eigenvalue weighted by molar-refractivity contribution is 7.99. The Kier molecular flexibility index (Phi) is 6.36. The maximum absolute atomic E-state index is 11.7. The molecule has 1 amide bonds. The van der Waals surface area contributed by atoms with Crippen LogP contribution in [-0.2, 0) is 9.59 Å². The van der Waals surface area contributed by atoms with Crippen molar-refractivity contribution in [2.24, 2.45) is 5.92 Å². The van der Waals surface area contributed by atoms with Crippen LogP contribution in [-0.4, -0.2) is 47.6 Å². The summed E-state index contributed by atoms with van der Waals surface area (Å²) >= 11 is 1.78. The van der Waals surface area contributed by atoms with Crippen molar-refractivity contribution in [3.8, 4) is 0 Å². The van der Waals surface area contributed by atoms with Crippen LogP contribution in [0.4, 0.5) is 0 Å². The molecule has 6 heteroatoms. The molecule has 0 spiro atoms. The van der Waals surface area contributed by atoms with Gasteiger partial charge in [-0.25, -0.2) is 0 Å². The third kappa shape index (κ3) is 5.93. The van der Waals surface area contributed by atoms with Crippen LogP contribution in [0.1, 0.15) is 19.8 Å². The summed E-state index contributed by atoms with van der Waals surface area (Å²) < 4.78 is 0. The molecule has 2 atom stereocenters. The second-order valence-corrected chi connectivity index (χ2v) is 5.51. The summed E-state index contributed by atoms with van der Waals surface area (Å²) in [5, 5.41) is 14.6. The average molecular weight is 260 g/mol. The van der Waals surface area contributed by atoms with E-state index in [1.807, 2.05) is 6.92 Å². The Labute approximate surface area is 106 Å². The molecule has 0 aromatic carbocycles. The van der Waals surface area contributed by atoms with Crippen molar-refractivity contribution in [1.82, 2.24) is 10.6 Å². The van der Waals surface area contributed by atoms with Crippen molar-refractivity contribution in [2.45, 2.75) is 25.8 Å². The van der Waals surface area contributed by atoms with E-state index in [0.717, 1.165) is 18.1 Å². The lowest BCUT2D eigenvalue weighted by Gasteiger charge is -2.23. The van der Waals surface area contributed by atoms with Crippen molar-refractivity contribution >= 4 is 23.6 Å². The van der Waals surface area contributed by atoms with Crippen molar-refractivity contribution in [3.63, 3.8) is 0 Å². The van der Waals surface area contributed by atoms with E-state index in [9.17, 15) is 9.59 Å². The molecule has 98 valence electrons. The molecule has 0 aliphatic carbocycles. The number of nitrogens with one attached hydrogen (secondary N) is 2. The van der Waals surface area contributed by atoms with E-state index in [2.05, 4.69) is 10.6 Å². The van der Waals surface area contributed by atoms with E-state index in [0.29, 0.717) is 13.0 Å². The standard InChI is InChI=1S/C11H20N2O3S/c1-8(2-3-10(14)15)6-13-11(16)9-7-17-5-4-12-9/h8-9,12H,2-7H2,1H3,(H,13,16)(H,14,15). The molecule has 1 saturated heterocycles. The Hall–Kier alpha value is -0.750. The van der Waals surface area contributed by atoms with E-state index in [1.165, 1.54) is 0 Å². The Morgan fingerprint density at radius 2 is 2.35 bits per heavy atom. The molecule has 5 nitrogen and oxygen atoms in total. The molecule has 1 fully saturated rings. The Balaban J connectivity index is 2.15. The first-order valence-corrected chi connectivity index (χ1v) is 7.05. The fraction of sp³-hybridized carbons (Fsp3) is 0.818. The molecule has 1 rings (SSSR count). The maximum Gasteiger partial charge on any atom is 0.303 e. The van der Waals surface area contributed by atoms with Gasteiger partial charge in [-0.1, -0.05) is 6.92 Å².